The zero-order valence-electron chi connectivity index (χ0n) is 6.30. The van der Waals surface area contributed by atoms with Crippen LogP contribution in [0.1, 0.15) is 5.56 Å². The Bertz CT molecular complexity index is 360. The van der Waals surface area contributed by atoms with Crippen LogP contribution in [0.4, 0.5) is 0 Å². The van der Waals surface area contributed by atoms with E-state index in [4.69, 9.17) is 0 Å². The zero-order valence-corrected chi connectivity index (χ0v) is 6.30. The highest BCUT2D eigenvalue weighted by Gasteiger charge is 1.97. The topological polar surface area (TPSA) is 15.8 Å². The molecule has 0 saturated heterocycles. The van der Waals surface area contributed by atoms with Gasteiger partial charge in [-0.2, -0.15) is 0 Å². The fraction of sp³-hybridized carbons (Fsp3) is 0.100. The normalized spacial score (nSPS) is 10.6. The van der Waals surface area contributed by atoms with Crippen LogP contribution in [0.15, 0.2) is 30.5 Å². The highest BCUT2D eigenvalue weighted by molar-refractivity contribution is 5.82. The summed E-state index contributed by atoms with van der Waals surface area (Å²) in [5, 5.41) is 1.27. The number of H-pyrrole nitrogens is 1. The molecule has 11 heavy (non-hydrogen) atoms. The molecule has 0 aliphatic carbocycles. The summed E-state index contributed by atoms with van der Waals surface area (Å²) in [7, 11) is 0. The standard InChI is InChI=1S/C10H10N/c1-2-8-4-3-5-9-6-7-11-10(8)9/h3-7,11H,1-2H2. The van der Waals surface area contributed by atoms with Gasteiger partial charge in [0.05, 0.1) is 0 Å². The summed E-state index contributed by atoms with van der Waals surface area (Å²) in [4.78, 5) is 3.20. The SMILES string of the molecule is [CH2]Cc1cccc2cc[nH]c12. The Balaban J connectivity index is 2.79. The third-order valence-corrected chi connectivity index (χ3v) is 1.94. The van der Waals surface area contributed by atoms with E-state index in [0.717, 1.165) is 6.42 Å². The Labute approximate surface area is 66.1 Å². The number of benzene rings is 1. The van der Waals surface area contributed by atoms with Gasteiger partial charge in [-0.15, -0.1) is 0 Å². The minimum atomic E-state index is 0.845. The van der Waals surface area contributed by atoms with Gasteiger partial charge in [-0.25, -0.2) is 0 Å². The van der Waals surface area contributed by atoms with Crippen LogP contribution >= 0.6 is 0 Å². The average molecular weight is 144 g/mol. The van der Waals surface area contributed by atoms with Crippen LogP contribution in [-0.4, -0.2) is 4.98 Å². The molecule has 1 nitrogen and oxygen atoms in total. The maximum atomic E-state index is 3.87. The number of aromatic nitrogens is 1. The predicted molar refractivity (Wildman–Crippen MR) is 47.4 cm³/mol. The van der Waals surface area contributed by atoms with E-state index in [9.17, 15) is 0 Å². The highest BCUT2D eigenvalue weighted by atomic mass is 14.7. The van der Waals surface area contributed by atoms with E-state index in [1.54, 1.807) is 0 Å². The molecule has 1 N–H and O–H groups in total. The maximum absolute atomic E-state index is 3.87. The van der Waals surface area contributed by atoms with Gasteiger partial charge in [0.2, 0.25) is 0 Å². The molecule has 1 heteroatoms. The summed E-state index contributed by atoms with van der Waals surface area (Å²) in [6, 6.07) is 8.35. The predicted octanol–water partition coefficient (Wildman–Crippen LogP) is 2.54. The van der Waals surface area contributed by atoms with E-state index in [-0.39, 0.29) is 0 Å². The van der Waals surface area contributed by atoms with Crippen molar-refractivity contribution in [3.63, 3.8) is 0 Å². The van der Waals surface area contributed by atoms with Crippen LogP contribution in [0, 0.1) is 6.92 Å². The lowest BCUT2D eigenvalue weighted by Gasteiger charge is -1.96. The van der Waals surface area contributed by atoms with Gasteiger partial charge in [-0.1, -0.05) is 18.2 Å². The number of nitrogens with one attached hydrogen (secondary N) is 1. The Hall–Kier alpha value is -1.24. The number of rotatable bonds is 1. The lowest BCUT2D eigenvalue weighted by Crippen LogP contribution is -1.80. The molecule has 0 unspecified atom stereocenters. The Morgan fingerprint density at radius 3 is 3.00 bits per heavy atom. The van der Waals surface area contributed by atoms with E-state index < -0.39 is 0 Å². The van der Waals surface area contributed by atoms with Crippen molar-refractivity contribution in [2.24, 2.45) is 0 Å². The molecule has 0 aliphatic rings. The van der Waals surface area contributed by atoms with Gasteiger partial charge < -0.3 is 4.98 Å². The van der Waals surface area contributed by atoms with Gasteiger partial charge in [0.25, 0.3) is 0 Å². The average Bonchev–Trinajstić information content (AvgIpc) is 2.50. The molecular weight excluding hydrogens is 134 g/mol. The molecule has 0 spiro atoms. The second-order valence-corrected chi connectivity index (χ2v) is 2.61. The van der Waals surface area contributed by atoms with Crippen molar-refractivity contribution >= 4 is 10.9 Å². The summed E-state index contributed by atoms with van der Waals surface area (Å²) in [6.07, 6.45) is 2.81. The van der Waals surface area contributed by atoms with Crippen LogP contribution in [0.2, 0.25) is 0 Å². The molecule has 2 rings (SSSR count). The van der Waals surface area contributed by atoms with Crippen molar-refractivity contribution in [2.45, 2.75) is 6.42 Å². The van der Waals surface area contributed by atoms with Gasteiger partial charge in [-0.05, 0) is 30.4 Å². The van der Waals surface area contributed by atoms with Gasteiger partial charge in [0, 0.05) is 11.7 Å². The summed E-state index contributed by atoms with van der Waals surface area (Å²) in [6.45, 7) is 3.87. The van der Waals surface area contributed by atoms with Crippen molar-refractivity contribution in [3.05, 3.63) is 42.9 Å². The third kappa shape index (κ3) is 0.929. The second-order valence-electron chi connectivity index (χ2n) is 2.61. The molecule has 1 heterocycles. The van der Waals surface area contributed by atoms with E-state index in [2.05, 4.69) is 36.2 Å². The van der Waals surface area contributed by atoms with Crippen molar-refractivity contribution in [1.29, 1.82) is 0 Å². The van der Waals surface area contributed by atoms with Gasteiger partial charge >= 0.3 is 0 Å². The molecule has 0 aliphatic heterocycles. The van der Waals surface area contributed by atoms with Crippen molar-refractivity contribution in [1.82, 2.24) is 4.98 Å². The quantitative estimate of drug-likeness (QED) is 0.633. The van der Waals surface area contributed by atoms with Gasteiger partial charge in [0.1, 0.15) is 0 Å². The molecule has 0 amide bonds. The van der Waals surface area contributed by atoms with Crippen LogP contribution in [0.25, 0.3) is 10.9 Å². The first kappa shape index (κ1) is 6.47. The Morgan fingerprint density at radius 2 is 2.18 bits per heavy atom. The smallest absolute Gasteiger partial charge is 0.0486 e. The first-order valence-electron chi connectivity index (χ1n) is 3.76. The molecule has 1 aromatic heterocycles. The van der Waals surface area contributed by atoms with E-state index in [0.29, 0.717) is 0 Å². The van der Waals surface area contributed by atoms with Crippen molar-refractivity contribution in [3.8, 4) is 0 Å². The van der Waals surface area contributed by atoms with Gasteiger partial charge in [-0.3, -0.25) is 0 Å². The van der Waals surface area contributed by atoms with Crippen LogP contribution in [0.5, 0.6) is 0 Å². The number of para-hydroxylation sites is 1. The molecule has 1 aromatic carbocycles. The monoisotopic (exact) mass is 144 g/mol. The minimum absolute atomic E-state index is 0.845. The molecule has 2 aromatic rings. The molecule has 55 valence electrons. The lowest BCUT2D eigenvalue weighted by atomic mass is 10.1. The fourth-order valence-corrected chi connectivity index (χ4v) is 1.36. The Morgan fingerprint density at radius 1 is 1.27 bits per heavy atom. The number of hydrogen-bond donors (Lipinski definition) is 1. The summed E-state index contributed by atoms with van der Waals surface area (Å²) in [5.41, 5.74) is 2.51. The molecule has 0 fully saturated rings. The van der Waals surface area contributed by atoms with Crippen LogP contribution in [0.3, 0.4) is 0 Å². The van der Waals surface area contributed by atoms with Gasteiger partial charge in [0.15, 0.2) is 0 Å². The zero-order chi connectivity index (χ0) is 7.68. The third-order valence-electron chi connectivity index (χ3n) is 1.94. The molecule has 0 atom stereocenters. The van der Waals surface area contributed by atoms with E-state index >= 15 is 0 Å². The number of hydrogen-bond acceptors (Lipinski definition) is 0. The number of fused-ring (bicyclic) bond motifs is 1. The minimum Gasteiger partial charge on any atom is -0.361 e. The second kappa shape index (κ2) is 2.42. The van der Waals surface area contributed by atoms with Crippen LogP contribution in [-0.2, 0) is 6.42 Å². The van der Waals surface area contributed by atoms with Crippen molar-refractivity contribution in [2.75, 3.05) is 0 Å². The summed E-state index contributed by atoms with van der Waals surface area (Å²) in [5.74, 6) is 0. The van der Waals surface area contributed by atoms with E-state index in [1.165, 1.54) is 16.5 Å². The lowest BCUT2D eigenvalue weighted by molar-refractivity contribution is 1.28. The summed E-state index contributed by atoms with van der Waals surface area (Å²) >= 11 is 0. The fourth-order valence-electron chi connectivity index (χ4n) is 1.36. The largest absolute Gasteiger partial charge is 0.361 e. The highest BCUT2D eigenvalue weighted by Crippen LogP contribution is 2.16. The summed E-state index contributed by atoms with van der Waals surface area (Å²) < 4.78 is 0. The number of aromatic amines is 1. The molecule has 0 bridgehead atoms. The maximum Gasteiger partial charge on any atom is 0.0486 e. The molecule has 1 radical (unpaired) electrons. The first-order valence-corrected chi connectivity index (χ1v) is 3.76. The van der Waals surface area contributed by atoms with E-state index in [1.807, 2.05) is 6.20 Å². The van der Waals surface area contributed by atoms with Crippen molar-refractivity contribution < 1.29 is 0 Å². The van der Waals surface area contributed by atoms with Crippen LogP contribution < -0.4 is 0 Å². The Kier molecular flexibility index (Phi) is 1.42. The first-order chi connectivity index (χ1) is 5.42. The molecular formula is C10H10N. The molecule has 0 saturated carbocycles.